The highest BCUT2D eigenvalue weighted by Gasteiger charge is 2.23. The monoisotopic (exact) mass is 445 g/mol. The van der Waals surface area contributed by atoms with E-state index in [0.717, 1.165) is 5.56 Å². The number of hydrogen-bond donors (Lipinski definition) is 0. The molecule has 0 spiro atoms. The summed E-state index contributed by atoms with van der Waals surface area (Å²) in [5, 5.41) is 13.6. The molecule has 3 aromatic rings. The quantitative estimate of drug-likeness (QED) is 0.579. The largest absolute Gasteiger partial charge is 0.352 e. The summed E-state index contributed by atoms with van der Waals surface area (Å²) in [6, 6.07) is 11.4. The molecule has 10 heteroatoms. The number of anilines is 1. The molecule has 0 bridgehead atoms. The van der Waals surface area contributed by atoms with Crippen molar-refractivity contribution >= 4 is 34.9 Å². The van der Waals surface area contributed by atoms with Gasteiger partial charge in [-0.1, -0.05) is 53.5 Å². The van der Waals surface area contributed by atoms with E-state index in [-0.39, 0.29) is 5.91 Å². The highest BCUT2D eigenvalue weighted by molar-refractivity contribution is 6.36. The van der Waals surface area contributed by atoms with E-state index in [9.17, 15) is 4.79 Å². The molecule has 4 rings (SSSR count). The first kappa shape index (κ1) is 20.6. The summed E-state index contributed by atoms with van der Waals surface area (Å²) in [5.74, 6) is 1.43. The van der Waals surface area contributed by atoms with Crippen molar-refractivity contribution in [2.24, 2.45) is 0 Å². The zero-order valence-electron chi connectivity index (χ0n) is 16.3. The smallest absolute Gasteiger partial charge is 0.222 e. The van der Waals surface area contributed by atoms with Gasteiger partial charge in [-0.05, 0) is 17.7 Å². The van der Waals surface area contributed by atoms with Crippen LogP contribution in [0.15, 0.2) is 42.6 Å². The highest BCUT2D eigenvalue weighted by atomic mass is 35.5. The fraction of sp³-hybridized carbons (Fsp3) is 0.350. The number of halogens is 2. The van der Waals surface area contributed by atoms with Gasteiger partial charge in [-0.25, -0.2) is 4.98 Å². The van der Waals surface area contributed by atoms with Crippen LogP contribution in [-0.2, 0) is 11.3 Å². The minimum atomic E-state index is 0.133. The van der Waals surface area contributed by atoms with Crippen molar-refractivity contribution in [1.82, 2.24) is 30.1 Å². The molecule has 1 aliphatic heterocycles. The first-order valence-electron chi connectivity index (χ1n) is 9.77. The standard InChI is InChI=1S/C20H21Cl2N7O/c21-16-13-17(22)20(23-14-16)28-11-9-27(10-12-28)18(30)7-4-8-29-25-19(24-26-29)15-5-2-1-3-6-15/h1-3,5-6,13-14H,4,7-12H2. The number of piperazine rings is 1. The molecular weight excluding hydrogens is 425 g/mol. The molecule has 0 radical (unpaired) electrons. The van der Waals surface area contributed by atoms with Crippen LogP contribution in [0.4, 0.5) is 5.82 Å². The lowest BCUT2D eigenvalue weighted by Gasteiger charge is -2.35. The number of benzene rings is 1. The summed E-state index contributed by atoms with van der Waals surface area (Å²) in [7, 11) is 0. The average Bonchev–Trinajstić information content (AvgIpc) is 3.23. The van der Waals surface area contributed by atoms with Gasteiger partial charge in [-0.15, -0.1) is 10.2 Å². The number of carbonyl (C=O) groups is 1. The van der Waals surface area contributed by atoms with Crippen LogP contribution in [0, 0.1) is 0 Å². The van der Waals surface area contributed by atoms with Crippen molar-refractivity contribution in [2.75, 3.05) is 31.1 Å². The van der Waals surface area contributed by atoms with E-state index in [0.29, 0.717) is 67.3 Å². The Hall–Kier alpha value is -2.71. The lowest BCUT2D eigenvalue weighted by molar-refractivity contribution is -0.131. The summed E-state index contributed by atoms with van der Waals surface area (Å²) in [5.41, 5.74) is 0.924. The van der Waals surface area contributed by atoms with Crippen molar-refractivity contribution in [1.29, 1.82) is 0 Å². The summed E-state index contributed by atoms with van der Waals surface area (Å²) in [6.45, 7) is 3.20. The molecule has 1 fully saturated rings. The van der Waals surface area contributed by atoms with Gasteiger partial charge < -0.3 is 9.80 Å². The topological polar surface area (TPSA) is 80.0 Å². The number of aryl methyl sites for hydroxylation is 1. The first-order valence-corrected chi connectivity index (χ1v) is 10.5. The number of pyridine rings is 1. The van der Waals surface area contributed by atoms with Gasteiger partial charge in [0.15, 0.2) is 0 Å². The number of aromatic nitrogens is 5. The number of tetrazole rings is 1. The second kappa shape index (κ2) is 9.40. The predicted molar refractivity (Wildman–Crippen MR) is 116 cm³/mol. The van der Waals surface area contributed by atoms with E-state index in [1.807, 2.05) is 35.2 Å². The summed E-state index contributed by atoms with van der Waals surface area (Å²) >= 11 is 12.2. The third kappa shape index (κ3) is 4.88. The van der Waals surface area contributed by atoms with Crippen molar-refractivity contribution in [3.05, 3.63) is 52.6 Å². The minimum Gasteiger partial charge on any atom is -0.352 e. The zero-order valence-corrected chi connectivity index (χ0v) is 17.8. The lowest BCUT2D eigenvalue weighted by atomic mass is 10.2. The van der Waals surface area contributed by atoms with Crippen LogP contribution in [0.2, 0.25) is 10.0 Å². The van der Waals surface area contributed by atoms with Crippen molar-refractivity contribution in [3.8, 4) is 11.4 Å². The van der Waals surface area contributed by atoms with E-state index >= 15 is 0 Å². The zero-order chi connectivity index (χ0) is 20.9. The van der Waals surface area contributed by atoms with Crippen LogP contribution in [0.1, 0.15) is 12.8 Å². The predicted octanol–water partition coefficient (Wildman–Crippen LogP) is 3.17. The van der Waals surface area contributed by atoms with Gasteiger partial charge >= 0.3 is 0 Å². The molecule has 1 saturated heterocycles. The second-order valence-corrected chi connectivity index (χ2v) is 7.85. The van der Waals surface area contributed by atoms with Crippen molar-refractivity contribution < 1.29 is 4.79 Å². The van der Waals surface area contributed by atoms with E-state index in [2.05, 4.69) is 25.3 Å². The number of rotatable bonds is 6. The van der Waals surface area contributed by atoms with Crippen LogP contribution in [0.25, 0.3) is 11.4 Å². The van der Waals surface area contributed by atoms with E-state index in [1.54, 1.807) is 17.1 Å². The van der Waals surface area contributed by atoms with E-state index in [4.69, 9.17) is 23.2 Å². The molecule has 0 unspecified atom stereocenters. The van der Waals surface area contributed by atoms with E-state index < -0.39 is 0 Å². The molecular formula is C20H21Cl2N7O. The number of amides is 1. The first-order chi connectivity index (χ1) is 14.6. The van der Waals surface area contributed by atoms with Gasteiger partial charge in [0.2, 0.25) is 11.7 Å². The molecule has 2 aromatic heterocycles. The maximum atomic E-state index is 12.6. The van der Waals surface area contributed by atoms with Crippen LogP contribution in [0.5, 0.6) is 0 Å². The summed E-state index contributed by atoms with van der Waals surface area (Å²) in [6.07, 6.45) is 2.69. The Morgan fingerprint density at radius 3 is 2.57 bits per heavy atom. The van der Waals surface area contributed by atoms with Gasteiger partial charge in [0.05, 0.1) is 16.6 Å². The maximum Gasteiger partial charge on any atom is 0.222 e. The Morgan fingerprint density at radius 2 is 1.83 bits per heavy atom. The van der Waals surface area contributed by atoms with Crippen molar-refractivity contribution in [3.63, 3.8) is 0 Å². The Balaban J connectivity index is 1.23. The molecule has 1 aromatic carbocycles. The summed E-state index contributed by atoms with van der Waals surface area (Å²) in [4.78, 5) is 22.4. The SMILES string of the molecule is O=C(CCCn1nnc(-c2ccccc2)n1)N1CCN(c2ncc(Cl)cc2Cl)CC1. The normalized spacial score (nSPS) is 14.2. The Morgan fingerprint density at radius 1 is 1.07 bits per heavy atom. The van der Waals surface area contributed by atoms with Gasteiger partial charge in [-0.3, -0.25) is 4.79 Å². The molecule has 0 atom stereocenters. The number of carbonyl (C=O) groups excluding carboxylic acids is 1. The molecule has 1 amide bonds. The molecule has 0 saturated carbocycles. The molecule has 1 aliphatic rings. The maximum absolute atomic E-state index is 12.6. The molecule has 30 heavy (non-hydrogen) atoms. The Kier molecular flexibility index (Phi) is 6.44. The third-order valence-electron chi connectivity index (χ3n) is 4.95. The van der Waals surface area contributed by atoms with Crippen LogP contribution in [-0.4, -0.2) is 62.2 Å². The minimum absolute atomic E-state index is 0.133. The average molecular weight is 446 g/mol. The van der Waals surface area contributed by atoms with Gasteiger partial charge in [0.1, 0.15) is 5.82 Å². The lowest BCUT2D eigenvalue weighted by Crippen LogP contribution is -2.49. The van der Waals surface area contributed by atoms with Crippen LogP contribution >= 0.6 is 23.2 Å². The number of nitrogens with zero attached hydrogens (tertiary/aromatic N) is 7. The van der Waals surface area contributed by atoms with Crippen LogP contribution < -0.4 is 4.90 Å². The summed E-state index contributed by atoms with van der Waals surface area (Å²) < 4.78 is 0. The third-order valence-corrected chi connectivity index (χ3v) is 5.44. The molecule has 0 aliphatic carbocycles. The highest BCUT2D eigenvalue weighted by Crippen LogP contribution is 2.26. The van der Waals surface area contributed by atoms with Crippen LogP contribution in [0.3, 0.4) is 0 Å². The Bertz CT molecular complexity index is 1000. The molecule has 3 heterocycles. The number of hydrogen-bond acceptors (Lipinski definition) is 6. The fourth-order valence-electron chi connectivity index (χ4n) is 3.38. The second-order valence-electron chi connectivity index (χ2n) is 7.01. The van der Waals surface area contributed by atoms with Gasteiger partial charge in [0.25, 0.3) is 0 Å². The molecule has 0 N–H and O–H groups in total. The molecule has 8 nitrogen and oxygen atoms in total. The Labute approximate surface area is 184 Å². The fourth-order valence-corrected chi connectivity index (χ4v) is 3.88. The van der Waals surface area contributed by atoms with Gasteiger partial charge in [0, 0.05) is 44.4 Å². The van der Waals surface area contributed by atoms with Gasteiger partial charge in [-0.2, -0.15) is 4.80 Å². The molecule has 156 valence electrons. The van der Waals surface area contributed by atoms with E-state index in [1.165, 1.54) is 0 Å². The van der Waals surface area contributed by atoms with Crippen molar-refractivity contribution in [2.45, 2.75) is 19.4 Å².